The first-order valence-corrected chi connectivity index (χ1v) is 8.09. The standard InChI is InChI=1S/C15H27N5O/c1-3-8-13(16)14-11-20(18-17-14)12(2)15(21)19-9-6-4-5-7-10-19/h11-13H,3-10,16H2,1-2H3. The van der Waals surface area contributed by atoms with E-state index in [1.807, 2.05) is 18.0 Å². The Morgan fingerprint density at radius 1 is 1.33 bits per heavy atom. The van der Waals surface area contributed by atoms with E-state index < -0.39 is 0 Å². The van der Waals surface area contributed by atoms with Crippen molar-refractivity contribution in [1.29, 1.82) is 0 Å². The van der Waals surface area contributed by atoms with Crippen molar-refractivity contribution in [2.45, 2.75) is 64.5 Å². The summed E-state index contributed by atoms with van der Waals surface area (Å²) in [5.74, 6) is 0.136. The second kappa shape index (κ2) is 7.54. The fourth-order valence-corrected chi connectivity index (χ4v) is 2.78. The van der Waals surface area contributed by atoms with Crippen LogP contribution in [0.2, 0.25) is 0 Å². The smallest absolute Gasteiger partial charge is 0.247 e. The van der Waals surface area contributed by atoms with E-state index >= 15 is 0 Å². The Hall–Kier alpha value is -1.43. The van der Waals surface area contributed by atoms with Gasteiger partial charge in [-0.25, -0.2) is 4.68 Å². The Morgan fingerprint density at radius 3 is 2.62 bits per heavy atom. The lowest BCUT2D eigenvalue weighted by Gasteiger charge is -2.23. The van der Waals surface area contributed by atoms with Crippen molar-refractivity contribution in [3.8, 4) is 0 Å². The molecule has 0 aromatic carbocycles. The summed E-state index contributed by atoms with van der Waals surface area (Å²) >= 11 is 0. The van der Waals surface area contributed by atoms with Gasteiger partial charge in [0.25, 0.3) is 0 Å². The van der Waals surface area contributed by atoms with Crippen molar-refractivity contribution in [3.05, 3.63) is 11.9 Å². The molecule has 21 heavy (non-hydrogen) atoms. The van der Waals surface area contributed by atoms with Crippen LogP contribution < -0.4 is 5.73 Å². The summed E-state index contributed by atoms with van der Waals surface area (Å²) in [7, 11) is 0. The maximum atomic E-state index is 12.6. The largest absolute Gasteiger partial charge is 0.341 e. The van der Waals surface area contributed by atoms with Crippen LogP contribution in [0.5, 0.6) is 0 Å². The molecule has 1 aliphatic heterocycles. The molecule has 2 atom stereocenters. The summed E-state index contributed by atoms with van der Waals surface area (Å²) in [6.07, 6.45) is 8.35. The number of aromatic nitrogens is 3. The Labute approximate surface area is 126 Å². The van der Waals surface area contributed by atoms with Crippen LogP contribution in [0.25, 0.3) is 0 Å². The molecule has 0 saturated carbocycles. The first-order valence-electron chi connectivity index (χ1n) is 8.09. The van der Waals surface area contributed by atoms with Gasteiger partial charge in [-0.05, 0) is 26.2 Å². The molecule has 1 saturated heterocycles. The second-order valence-corrected chi connectivity index (χ2v) is 5.93. The number of amides is 1. The molecule has 1 aliphatic rings. The normalized spacial score (nSPS) is 19.1. The molecule has 2 rings (SSSR count). The van der Waals surface area contributed by atoms with E-state index in [0.717, 1.165) is 44.5 Å². The minimum atomic E-state index is -0.307. The third kappa shape index (κ3) is 4.03. The summed E-state index contributed by atoms with van der Waals surface area (Å²) in [4.78, 5) is 14.5. The first kappa shape index (κ1) is 15.9. The lowest BCUT2D eigenvalue weighted by atomic mass is 10.1. The fraction of sp³-hybridized carbons (Fsp3) is 0.800. The zero-order valence-corrected chi connectivity index (χ0v) is 13.2. The van der Waals surface area contributed by atoms with Crippen molar-refractivity contribution in [1.82, 2.24) is 19.9 Å². The minimum absolute atomic E-state index is 0.0933. The highest BCUT2D eigenvalue weighted by molar-refractivity contribution is 5.80. The first-order chi connectivity index (χ1) is 10.1. The predicted octanol–water partition coefficient (Wildman–Crippen LogP) is 2.04. The molecule has 0 radical (unpaired) electrons. The molecule has 6 nitrogen and oxygen atoms in total. The van der Waals surface area contributed by atoms with Crippen molar-refractivity contribution in [2.24, 2.45) is 5.73 Å². The molecule has 1 aromatic rings. The van der Waals surface area contributed by atoms with E-state index in [0.29, 0.717) is 0 Å². The monoisotopic (exact) mass is 293 g/mol. The van der Waals surface area contributed by atoms with Gasteiger partial charge in [-0.15, -0.1) is 5.10 Å². The summed E-state index contributed by atoms with van der Waals surface area (Å²) in [6.45, 7) is 5.70. The van der Waals surface area contributed by atoms with Gasteiger partial charge < -0.3 is 10.6 Å². The van der Waals surface area contributed by atoms with Crippen LogP contribution in [0.3, 0.4) is 0 Å². The van der Waals surface area contributed by atoms with Crippen molar-refractivity contribution < 1.29 is 4.79 Å². The van der Waals surface area contributed by atoms with Gasteiger partial charge in [0, 0.05) is 13.1 Å². The van der Waals surface area contributed by atoms with Gasteiger partial charge >= 0.3 is 0 Å². The molecule has 2 unspecified atom stereocenters. The van der Waals surface area contributed by atoms with Crippen LogP contribution in [0.1, 0.15) is 70.2 Å². The van der Waals surface area contributed by atoms with Crippen molar-refractivity contribution >= 4 is 5.91 Å². The molecule has 6 heteroatoms. The summed E-state index contributed by atoms with van der Waals surface area (Å²) in [6, 6.07) is -0.401. The number of carbonyl (C=O) groups is 1. The molecular formula is C15H27N5O. The van der Waals surface area contributed by atoms with Gasteiger partial charge in [-0.1, -0.05) is 31.4 Å². The van der Waals surface area contributed by atoms with Crippen molar-refractivity contribution in [3.63, 3.8) is 0 Å². The molecule has 0 aliphatic carbocycles. The SMILES string of the molecule is CCCC(N)c1cn(C(C)C(=O)N2CCCCCC2)nn1. The quantitative estimate of drug-likeness (QED) is 0.901. The molecule has 1 fully saturated rings. The molecular weight excluding hydrogens is 266 g/mol. The van der Waals surface area contributed by atoms with Gasteiger partial charge in [-0.3, -0.25) is 4.79 Å². The summed E-state index contributed by atoms with van der Waals surface area (Å²) in [5, 5.41) is 8.22. The second-order valence-electron chi connectivity index (χ2n) is 5.93. The molecule has 0 spiro atoms. The highest BCUT2D eigenvalue weighted by Crippen LogP contribution is 2.17. The van der Waals surface area contributed by atoms with Crippen LogP contribution in [0, 0.1) is 0 Å². The third-order valence-electron chi connectivity index (χ3n) is 4.18. The lowest BCUT2D eigenvalue weighted by Crippen LogP contribution is -2.37. The van der Waals surface area contributed by atoms with E-state index in [-0.39, 0.29) is 18.0 Å². The van der Waals surface area contributed by atoms with E-state index in [1.54, 1.807) is 4.68 Å². The molecule has 118 valence electrons. The maximum absolute atomic E-state index is 12.6. The van der Waals surface area contributed by atoms with E-state index in [9.17, 15) is 4.79 Å². The van der Waals surface area contributed by atoms with E-state index in [2.05, 4.69) is 17.2 Å². The highest BCUT2D eigenvalue weighted by atomic mass is 16.2. The van der Waals surface area contributed by atoms with E-state index in [1.165, 1.54) is 12.8 Å². The van der Waals surface area contributed by atoms with Gasteiger partial charge in [0.15, 0.2) is 0 Å². The van der Waals surface area contributed by atoms with Crippen LogP contribution in [0.15, 0.2) is 6.20 Å². The average Bonchev–Trinajstić information content (AvgIpc) is 2.82. The molecule has 1 aromatic heterocycles. The Morgan fingerprint density at radius 2 is 2.00 bits per heavy atom. The molecule has 2 N–H and O–H groups in total. The van der Waals surface area contributed by atoms with Crippen LogP contribution in [-0.4, -0.2) is 38.9 Å². The average molecular weight is 293 g/mol. The maximum Gasteiger partial charge on any atom is 0.247 e. The number of nitrogens with two attached hydrogens (primary N) is 1. The highest BCUT2D eigenvalue weighted by Gasteiger charge is 2.24. The number of nitrogens with zero attached hydrogens (tertiary/aromatic N) is 4. The Balaban J connectivity index is 2.01. The lowest BCUT2D eigenvalue weighted by molar-refractivity contribution is -0.134. The van der Waals surface area contributed by atoms with Crippen LogP contribution >= 0.6 is 0 Å². The van der Waals surface area contributed by atoms with Gasteiger partial charge in [0.1, 0.15) is 6.04 Å². The predicted molar refractivity (Wildman–Crippen MR) is 81.6 cm³/mol. The van der Waals surface area contributed by atoms with E-state index in [4.69, 9.17) is 5.73 Å². The number of hydrogen-bond donors (Lipinski definition) is 1. The Bertz CT molecular complexity index is 451. The number of carbonyl (C=O) groups excluding carboxylic acids is 1. The fourth-order valence-electron chi connectivity index (χ4n) is 2.78. The number of hydrogen-bond acceptors (Lipinski definition) is 4. The van der Waals surface area contributed by atoms with Gasteiger partial charge in [-0.2, -0.15) is 0 Å². The zero-order chi connectivity index (χ0) is 15.2. The van der Waals surface area contributed by atoms with Gasteiger partial charge in [0.05, 0.1) is 17.9 Å². The van der Waals surface area contributed by atoms with Crippen LogP contribution in [0.4, 0.5) is 0 Å². The van der Waals surface area contributed by atoms with Crippen LogP contribution in [-0.2, 0) is 4.79 Å². The molecule has 1 amide bonds. The number of rotatable bonds is 5. The third-order valence-corrected chi connectivity index (χ3v) is 4.18. The topological polar surface area (TPSA) is 77.0 Å². The Kier molecular flexibility index (Phi) is 5.73. The van der Waals surface area contributed by atoms with Crippen molar-refractivity contribution in [2.75, 3.05) is 13.1 Å². The summed E-state index contributed by atoms with van der Waals surface area (Å²) in [5.41, 5.74) is 6.82. The number of likely N-dealkylation sites (tertiary alicyclic amines) is 1. The molecule has 0 bridgehead atoms. The summed E-state index contributed by atoms with van der Waals surface area (Å²) < 4.78 is 1.65. The van der Waals surface area contributed by atoms with Gasteiger partial charge in [0.2, 0.25) is 5.91 Å². The molecule has 2 heterocycles. The minimum Gasteiger partial charge on any atom is -0.341 e. The zero-order valence-electron chi connectivity index (χ0n) is 13.2.